The molecule has 2 heterocycles. The van der Waals surface area contributed by atoms with Crippen LogP contribution in [0.25, 0.3) is 0 Å². The molecule has 0 radical (unpaired) electrons. The van der Waals surface area contributed by atoms with Crippen molar-refractivity contribution in [2.45, 2.75) is 31.6 Å². The van der Waals surface area contributed by atoms with Gasteiger partial charge in [-0.2, -0.15) is 0 Å². The Labute approximate surface area is 106 Å². The van der Waals surface area contributed by atoms with Gasteiger partial charge >= 0.3 is 11.7 Å². The molecule has 0 aliphatic carbocycles. The molecule has 1 aliphatic heterocycles. The number of hydrogen-bond acceptors (Lipinski definition) is 7. The number of rotatable bonds is 2. The van der Waals surface area contributed by atoms with Crippen LogP contribution in [0.4, 0.5) is 0 Å². The smallest absolute Gasteiger partial charge is 0.330 e. The molecule has 2 rings (SSSR count). The predicted molar refractivity (Wildman–Crippen MR) is 60.1 cm³/mol. The Bertz CT molecular complexity index is 585. The number of ether oxygens (including phenoxy) is 1. The predicted octanol–water partition coefficient (Wildman–Crippen LogP) is -2.20. The summed E-state index contributed by atoms with van der Waals surface area (Å²) in [6, 6.07) is 0. The molecule has 3 unspecified atom stereocenters. The average molecular weight is 274 g/mol. The molecule has 19 heavy (non-hydrogen) atoms. The van der Waals surface area contributed by atoms with Crippen LogP contribution in [0, 0.1) is 5.92 Å². The lowest BCUT2D eigenvalue weighted by atomic mass is 10.0. The summed E-state index contributed by atoms with van der Waals surface area (Å²) in [5, 5.41) is 36.5. The normalized spacial score (nSPS) is 27.7. The van der Waals surface area contributed by atoms with Gasteiger partial charge in [0.1, 0.15) is 12.3 Å². The summed E-state index contributed by atoms with van der Waals surface area (Å²) in [4.78, 5) is 24.5. The summed E-state index contributed by atoms with van der Waals surface area (Å²) in [7, 11) is 0. The maximum atomic E-state index is 11.6. The summed E-state index contributed by atoms with van der Waals surface area (Å²) >= 11 is 0. The minimum atomic E-state index is -3.02. The molecule has 1 aliphatic rings. The molecule has 106 valence electrons. The summed E-state index contributed by atoms with van der Waals surface area (Å²) in [6.07, 6.45) is -1.25. The van der Waals surface area contributed by atoms with Gasteiger partial charge in [0.05, 0.1) is 6.20 Å². The number of aromatic hydroxyl groups is 1. The molecule has 0 saturated carbocycles. The molecule has 0 bridgehead atoms. The van der Waals surface area contributed by atoms with Crippen molar-refractivity contribution < 1.29 is 25.2 Å². The molecule has 1 aromatic rings. The van der Waals surface area contributed by atoms with Crippen molar-refractivity contribution in [1.82, 2.24) is 9.55 Å². The topological polar surface area (TPSA) is 145 Å². The zero-order valence-corrected chi connectivity index (χ0v) is 9.98. The zero-order valence-electron chi connectivity index (χ0n) is 9.98. The van der Waals surface area contributed by atoms with Gasteiger partial charge in [-0.1, -0.05) is 6.92 Å². The third kappa shape index (κ3) is 2.54. The number of aliphatic hydroxyl groups is 3. The van der Waals surface area contributed by atoms with Crippen LogP contribution in [0.5, 0.6) is 5.75 Å². The van der Waals surface area contributed by atoms with Gasteiger partial charge in [-0.25, -0.2) is 4.79 Å². The fourth-order valence-corrected chi connectivity index (χ4v) is 2.06. The van der Waals surface area contributed by atoms with E-state index < -0.39 is 35.3 Å². The van der Waals surface area contributed by atoms with Crippen LogP contribution in [-0.4, -0.2) is 42.1 Å². The quantitative estimate of drug-likeness (QED) is 0.384. The van der Waals surface area contributed by atoms with Gasteiger partial charge in [0.2, 0.25) is 0 Å². The number of H-pyrrole nitrogens is 1. The van der Waals surface area contributed by atoms with Crippen LogP contribution in [0.15, 0.2) is 15.8 Å². The summed E-state index contributed by atoms with van der Waals surface area (Å²) in [5.41, 5.74) is -1.73. The van der Waals surface area contributed by atoms with Crippen LogP contribution in [0.2, 0.25) is 0 Å². The third-order valence-electron chi connectivity index (χ3n) is 3.03. The van der Waals surface area contributed by atoms with Gasteiger partial charge in [-0.3, -0.25) is 14.3 Å². The largest absolute Gasteiger partial charge is 0.502 e. The minimum Gasteiger partial charge on any atom is -0.502 e. The summed E-state index contributed by atoms with van der Waals surface area (Å²) < 4.78 is 6.10. The molecule has 9 nitrogen and oxygen atoms in total. The Morgan fingerprint density at radius 1 is 1.42 bits per heavy atom. The van der Waals surface area contributed by atoms with E-state index in [1.807, 2.05) is 4.98 Å². The molecule has 0 aromatic carbocycles. The Morgan fingerprint density at radius 3 is 2.58 bits per heavy atom. The first-order valence-electron chi connectivity index (χ1n) is 5.57. The van der Waals surface area contributed by atoms with E-state index in [-0.39, 0.29) is 12.3 Å². The molecule has 1 fully saturated rings. The second-order valence-electron chi connectivity index (χ2n) is 4.60. The Morgan fingerprint density at radius 2 is 2.05 bits per heavy atom. The van der Waals surface area contributed by atoms with Crippen LogP contribution in [0.1, 0.15) is 19.6 Å². The highest BCUT2D eigenvalue weighted by Gasteiger charge is 2.44. The molecule has 0 amide bonds. The van der Waals surface area contributed by atoms with E-state index in [1.54, 1.807) is 6.92 Å². The number of nitrogens with zero attached hydrogens (tertiary/aromatic N) is 1. The molecule has 5 N–H and O–H groups in total. The molecule has 9 heteroatoms. The van der Waals surface area contributed by atoms with Crippen LogP contribution >= 0.6 is 0 Å². The van der Waals surface area contributed by atoms with E-state index in [1.165, 1.54) is 0 Å². The Hall–Kier alpha value is -1.68. The van der Waals surface area contributed by atoms with Gasteiger partial charge in [0.25, 0.3) is 5.56 Å². The van der Waals surface area contributed by atoms with E-state index >= 15 is 0 Å². The van der Waals surface area contributed by atoms with Gasteiger partial charge in [0.15, 0.2) is 5.75 Å². The van der Waals surface area contributed by atoms with Crippen molar-refractivity contribution in [1.29, 1.82) is 0 Å². The van der Waals surface area contributed by atoms with E-state index in [0.717, 1.165) is 10.8 Å². The zero-order chi connectivity index (χ0) is 14.4. The highest BCUT2D eigenvalue weighted by Crippen LogP contribution is 2.36. The van der Waals surface area contributed by atoms with E-state index in [2.05, 4.69) is 0 Å². The SMILES string of the molecule is CC1CC(C(O)(O)O)OC1n1cc(O)c(=O)[nH]c1=O. The molecular formula is C10H14N2O7. The maximum absolute atomic E-state index is 11.6. The monoisotopic (exact) mass is 274 g/mol. The van der Waals surface area contributed by atoms with Crippen molar-refractivity contribution >= 4 is 0 Å². The van der Waals surface area contributed by atoms with E-state index in [0.29, 0.717) is 0 Å². The summed E-state index contributed by atoms with van der Waals surface area (Å²) in [6.45, 7) is 1.66. The fraction of sp³-hybridized carbons (Fsp3) is 0.600. The number of nitrogens with one attached hydrogen (secondary N) is 1. The average Bonchev–Trinajstić information content (AvgIpc) is 2.65. The van der Waals surface area contributed by atoms with Gasteiger partial charge in [0, 0.05) is 5.92 Å². The number of aromatic amines is 1. The van der Waals surface area contributed by atoms with Crippen molar-refractivity contribution in [2.75, 3.05) is 0 Å². The molecule has 1 saturated heterocycles. The fourth-order valence-electron chi connectivity index (χ4n) is 2.06. The first-order valence-corrected chi connectivity index (χ1v) is 5.57. The lowest BCUT2D eigenvalue weighted by molar-refractivity contribution is -0.360. The first kappa shape index (κ1) is 13.7. The standard InChI is InChI=1S/C10H14N2O7/c1-4-2-6(10(16,17)18)19-8(4)12-3-5(13)7(14)11-9(12)15/h3-4,6,8,13,16-18H,2H2,1H3,(H,11,14,15). The van der Waals surface area contributed by atoms with Gasteiger partial charge < -0.3 is 25.2 Å². The van der Waals surface area contributed by atoms with Crippen LogP contribution < -0.4 is 11.2 Å². The van der Waals surface area contributed by atoms with E-state index in [9.17, 15) is 14.7 Å². The van der Waals surface area contributed by atoms with Crippen LogP contribution in [0.3, 0.4) is 0 Å². The van der Waals surface area contributed by atoms with Crippen LogP contribution in [-0.2, 0) is 4.74 Å². The third-order valence-corrected chi connectivity index (χ3v) is 3.03. The molecule has 0 spiro atoms. The highest BCUT2D eigenvalue weighted by molar-refractivity contribution is 5.09. The molecule has 1 aromatic heterocycles. The lowest BCUT2D eigenvalue weighted by Crippen LogP contribution is -2.42. The minimum absolute atomic E-state index is 0.0838. The van der Waals surface area contributed by atoms with Crippen molar-refractivity contribution in [3.63, 3.8) is 0 Å². The number of hydrogen-bond donors (Lipinski definition) is 5. The molecular weight excluding hydrogens is 260 g/mol. The second-order valence-corrected chi connectivity index (χ2v) is 4.60. The van der Waals surface area contributed by atoms with Crippen molar-refractivity contribution in [3.05, 3.63) is 27.0 Å². The maximum Gasteiger partial charge on any atom is 0.330 e. The van der Waals surface area contributed by atoms with Crippen molar-refractivity contribution in [2.24, 2.45) is 5.92 Å². The lowest BCUT2D eigenvalue weighted by Gasteiger charge is -2.22. The van der Waals surface area contributed by atoms with Gasteiger partial charge in [-0.05, 0) is 6.42 Å². The second kappa shape index (κ2) is 4.46. The highest BCUT2D eigenvalue weighted by atomic mass is 16.7. The first-order chi connectivity index (χ1) is 8.70. The molecule has 3 atom stereocenters. The Kier molecular flexibility index (Phi) is 3.22. The number of aromatic nitrogens is 2. The van der Waals surface area contributed by atoms with Gasteiger partial charge in [-0.15, -0.1) is 0 Å². The summed E-state index contributed by atoms with van der Waals surface area (Å²) in [5.74, 6) is -4.03. The van der Waals surface area contributed by atoms with Crippen molar-refractivity contribution in [3.8, 4) is 5.75 Å². The van der Waals surface area contributed by atoms with E-state index in [4.69, 9.17) is 20.1 Å². The Balaban J connectivity index is 2.36.